The Hall–Kier alpha value is -0.770. The lowest BCUT2D eigenvalue weighted by Crippen LogP contribution is -2.24. The molecule has 0 saturated carbocycles. The first-order valence-electron chi connectivity index (χ1n) is 4.33. The van der Waals surface area contributed by atoms with Crippen molar-refractivity contribution >= 4 is 23.0 Å². The molecule has 5 heteroatoms. The van der Waals surface area contributed by atoms with Crippen LogP contribution in [0.4, 0.5) is 4.79 Å². The average molecular weight is 225 g/mol. The summed E-state index contributed by atoms with van der Waals surface area (Å²) < 4.78 is 8.74. The van der Waals surface area contributed by atoms with Crippen LogP contribution < -0.4 is 0 Å². The fourth-order valence-corrected chi connectivity index (χ4v) is 0.390. The fourth-order valence-electron chi connectivity index (χ4n) is 0.346. The SMILES string of the molecule is CC.CC(C)(C)C(=O)OCOC(=O)Cl. The smallest absolute Gasteiger partial charge is 0.406 e. The van der Waals surface area contributed by atoms with E-state index in [-0.39, 0.29) is 0 Å². The molecule has 0 bridgehead atoms. The zero-order valence-electron chi connectivity index (χ0n) is 9.22. The molecule has 84 valence electrons. The molecule has 0 aromatic rings. The lowest BCUT2D eigenvalue weighted by molar-refractivity contribution is -0.160. The van der Waals surface area contributed by atoms with Crippen molar-refractivity contribution < 1.29 is 19.1 Å². The molecule has 0 radical (unpaired) electrons. The zero-order valence-corrected chi connectivity index (χ0v) is 9.97. The summed E-state index contributed by atoms with van der Waals surface area (Å²) in [4.78, 5) is 21.0. The first-order valence-corrected chi connectivity index (χ1v) is 4.71. The molecule has 0 aromatic heterocycles. The minimum atomic E-state index is -0.989. The molecule has 0 atom stereocenters. The molecule has 0 amide bonds. The number of carbonyl (C=O) groups excluding carboxylic acids is 2. The summed E-state index contributed by atoms with van der Waals surface area (Å²) in [6.07, 6.45) is 0. The number of ether oxygens (including phenoxy) is 2. The molecule has 0 unspecified atom stereocenters. The maximum absolute atomic E-state index is 11.0. The average Bonchev–Trinajstić information content (AvgIpc) is 2.05. The van der Waals surface area contributed by atoms with Gasteiger partial charge in [-0.25, -0.2) is 4.79 Å². The van der Waals surface area contributed by atoms with Gasteiger partial charge in [0.2, 0.25) is 6.79 Å². The zero-order chi connectivity index (χ0) is 11.8. The van der Waals surface area contributed by atoms with Gasteiger partial charge in [-0.1, -0.05) is 13.8 Å². The monoisotopic (exact) mass is 224 g/mol. The molecule has 0 heterocycles. The summed E-state index contributed by atoms with van der Waals surface area (Å²) >= 11 is 4.82. The third-order valence-corrected chi connectivity index (χ3v) is 1.08. The van der Waals surface area contributed by atoms with Crippen LogP contribution in [0.3, 0.4) is 0 Å². The first-order chi connectivity index (χ1) is 6.34. The standard InChI is InChI=1S/C7H11ClO4.C2H6/c1-7(2,3)5(9)11-4-12-6(8)10;1-2/h4H2,1-3H3;1-2H3. The lowest BCUT2D eigenvalue weighted by atomic mass is 9.98. The van der Waals surface area contributed by atoms with Gasteiger partial charge in [0.25, 0.3) is 0 Å². The van der Waals surface area contributed by atoms with E-state index in [9.17, 15) is 9.59 Å². The van der Waals surface area contributed by atoms with Gasteiger partial charge in [0.1, 0.15) is 0 Å². The van der Waals surface area contributed by atoms with Crippen LogP contribution in [0.1, 0.15) is 34.6 Å². The highest BCUT2D eigenvalue weighted by Crippen LogP contribution is 2.14. The number of esters is 1. The Balaban J connectivity index is 0. The Morgan fingerprint density at radius 1 is 1.14 bits per heavy atom. The van der Waals surface area contributed by atoms with E-state index in [1.54, 1.807) is 20.8 Å². The molecular formula is C9H17ClO4. The fraction of sp³-hybridized carbons (Fsp3) is 0.778. The van der Waals surface area contributed by atoms with Crippen LogP contribution in [0.15, 0.2) is 0 Å². The maximum atomic E-state index is 11.0. The van der Waals surface area contributed by atoms with E-state index in [1.807, 2.05) is 13.8 Å². The number of hydrogen-bond donors (Lipinski definition) is 0. The highest BCUT2D eigenvalue weighted by atomic mass is 35.5. The number of rotatable bonds is 2. The molecule has 0 saturated heterocycles. The van der Waals surface area contributed by atoms with Crippen LogP contribution in [-0.2, 0) is 14.3 Å². The van der Waals surface area contributed by atoms with Gasteiger partial charge >= 0.3 is 11.4 Å². The second-order valence-electron chi connectivity index (χ2n) is 3.18. The summed E-state index contributed by atoms with van der Waals surface area (Å²) in [5.41, 5.74) is -1.59. The molecule has 0 aliphatic heterocycles. The summed E-state index contributed by atoms with van der Waals surface area (Å²) in [7, 11) is 0. The molecule has 0 aliphatic rings. The van der Waals surface area contributed by atoms with E-state index in [2.05, 4.69) is 9.47 Å². The summed E-state index contributed by atoms with van der Waals surface area (Å²) in [6.45, 7) is 8.64. The van der Waals surface area contributed by atoms with E-state index in [0.29, 0.717) is 0 Å². The van der Waals surface area contributed by atoms with E-state index in [1.165, 1.54) is 0 Å². The van der Waals surface area contributed by atoms with E-state index < -0.39 is 23.6 Å². The summed E-state index contributed by atoms with van der Waals surface area (Å²) in [6, 6.07) is 0. The van der Waals surface area contributed by atoms with Gasteiger partial charge in [-0.2, -0.15) is 0 Å². The Morgan fingerprint density at radius 3 is 1.86 bits per heavy atom. The summed E-state index contributed by atoms with van der Waals surface area (Å²) in [5.74, 6) is -0.444. The van der Waals surface area contributed by atoms with Gasteiger partial charge in [-0.05, 0) is 20.8 Å². The minimum Gasteiger partial charge on any atom is -0.427 e. The molecule has 4 nitrogen and oxygen atoms in total. The van der Waals surface area contributed by atoms with Crippen LogP contribution in [0.5, 0.6) is 0 Å². The van der Waals surface area contributed by atoms with Crippen LogP contribution >= 0.6 is 11.6 Å². The van der Waals surface area contributed by atoms with Crippen LogP contribution in [0.2, 0.25) is 0 Å². The first kappa shape index (κ1) is 15.7. The normalized spacial score (nSPS) is 9.57. The van der Waals surface area contributed by atoms with Crippen LogP contribution in [-0.4, -0.2) is 18.2 Å². The maximum Gasteiger partial charge on any atom is 0.406 e. The van der Waals surface area contributed by atoms with Gasteiger partial charge in [0.15, 0.2) is 0 Å². The van der Waals surface area contributed by atoms with Crippen LogP contribution in [0, 0.1) is 5.41 Å². The molecule has 0 aliphatic carbocycles. The quantitative estimate of drug-likeness (QED) is 0.411. The molecular weight excluding hydrogens is 208 g/mol. The Bertz CT molecular complexity index is 184. The molecule has 0 fully saturated rings. The Labute approximate surface area is 89.5 Å². The highest BCUT2D eigenvalue weighted by Gasteiger charge is 2.23. The van der Waals surface area contributed by atoms with E-state index >= 15 is 0 Å². The number of halogens is 1. The second-order valence-corrected chi connectivity index (χ2v) is 3.49. The van der Waals surface area contributed by atoms with Crippen molar-refractivity contribution in [3.63, 3.8) is 0 Å². The predicted octanol–water partition coefficient (Wildman–Crippen LogP) is 2.93. The lowest BCUT2D eigenvalue weighted by Gasteiger charge is -2.15. The molecule has 0 aromatic carbocycles. The molecule has 0 spiro atoms. The summed E-state index contributed by atoms with van der Waals surface area (Å²) in [5, 5.41) is 0. The molecule has 0 N–H and O–H groups in total. The van der Waals surface area contributed by atoms with Crippen molar-refractivity contribution in [1.29, 1.82) is 0 Å². The number of hydrogen-bond acceptors (Lipinski definition) is 4. The van der Waals surface area contributed by atoms with Crippen LogP contribution in [0.25, 0.3) is 0 Å². The third kappa shape index (κ3) is 9.32. The van der Waals surface area contributed by atoms with Crippen molar-refractivity contribution in [2.45, 2.75) is 34.6 Å². The van der Waals surface area contributed by atoms with E-state index in [4.69, 9.17) is 11.6 Å². The predicted molar refractivity (Wildman–Crippen MR) is 54.1 cm³/mol. The van der Waals surface area contributed by atoms with Crippen molar-refractivity contribution in [3.05, 3.63) is 0 Å². The van der Waals surface area contributed by atoms with Crippen molar-refractivity contribution in [2.75, 3.05) is 6.79 Å². The van der Waals surface area contributed by atoms with Gasteiger partial charge in [0.05, 0.1) is 5.41 Å². The van der Waals surface area contributed by atoms with Gasteiger partial charge in [-0.3, -0.25) is 4.79 Å². The largest absolute Gasteiger partial charge is 0.427 e. The van der Waals surface area contributed by atoms with E-state index in [0.717, 1.165) is 0 Å². The van der Waals surface area contributed by atoms with Crippen molar-refractivity contribution in [3.8, 4) is 0 Å². The van der Waals surface area contributed by atoms with Gasteiger partial charge in [0, 0.05) is 11.6 Å². The third-order valence-electron chi connectivity index (χ3n) is 0.975. The Morgan fingerprint density at radius 2 is 1.57 bits per heavy atom. The second kappa shape index (κ2) is 7.62. The Kier molecular flexibility index (Phi) is 8.54. The van der Waals surface area contributed by atoms with Crippen molar-refractivity contribution in [2.24, 2.45) is 5.41 Å². The minimum absolute atomic E-state index is 0.432. The van der Waals surface area contributed by atoms with Gasteiger partial charge < -0.3 is 9.47 Å². The number of carbonyl (C=O) groups is 2. The highest BCUT2D eigenvalue weighted by molar-refractivity contribution is 6.61. The van der Waals surface area contributed by atoms with Crippen molar-refractivity contribution in [1.82, 2.24) is 0 Å². The molecule has 14 heavy (non-hydrogen) atoms. The topological polar surface area (TPSA) is 52.6 Å². The molecule has 0 rings (SSSR count). The van der Waals surface area contributed by atoms with Gasteiger partial charge in [-0.15, -0.1) is 0 Å².